The summed E-state index contributed by atoms with van der Waals surface area (Å²) in [4.78, 5) is 6.83. The second-order valence-corrected chi connectivity index (χ2v) is 2.76. The molecule has 0 saturated heterocycles. The molecule has 0 fully saturated rings. The molecule has 0 bridgehead atoms. The molecule has 2 rings (SSSR count). The first-order chi connectivity index (χ1) is 7.07. The van der Waals surface area contributed by atoms with Crippen LogP contribution in [0.15, 0.2) is 35.2 Å². The van der Waals surface area contributed by atoms with Crippen LogP contribution in [0.25, 0.3) is 11.5 Å². The first kappa shape index (κ1) is 9.70. The van der Waals surface area contributed by atoms with E-state index in [1.807, 2.05) is 0 Å². The van der Waals surface area contributed by atoms with E-state index in [9.17, 15) is 13.2 Å². The standard InChI is InChI=1S/C9H5F3N2O/c10-9(11,12)8-4-6(13-5-14-8)7-2-1-3-15-7/h1-5H. The third-order valence-corrected chi connectivity index (χ3v) is 1.73. The van der Waals surface area contributed by atoms with Gasteiger partial charge in [-0.1, -0.05) is 0 Å². The molecule has 0 spiro atoms. The van der Waals surface area contributed by atoms with Crippen LogP contribution in [0, 0.1) is 0 Å². The van der Waals surface area contributed by atoms with Gasteiger partial charge >= 0.3 is 6.18 Å². The summed E-state index contributed by atoms with van der Waals surface area (Å²) in [6, 6.07) is 3.95. The molecule has 0 aliphatic rings. The lowest BCUT2D eigenvalue weighted by Gasteiger charge is -2.05. The zero-order valence-corrected chi connectivity index (χ0v) is 7.32. The first-order valence-electron chi connectivity index (χ1n) is 4.00. The maximum atomic E-state index is 12.3. The van der Waals surface area contributed by atoms with Crippen LogP contribution in [0.2, 0.25) is 0 Å². The summed E-state index contributed by atoms with van der Waals surface area (Å²) in [6.45, 7) is 0. The predicted molar refractivity (Wildman–Crippen MR) is 44.7 cm³/mol. The molecule has 0 atom stereocenters. The fourth-order valence-corrected chi connectivity index (χ4v) is 1.07. The molecule has 0 saturated carbocycles. The lowest BCUT2D eigenvalue weighted by Crippen LogP contribution is -2.08. The van der Waals surface area contributed by atoms with Gasteiger partial charge in [-0.2, -0.15) is 13.2 Å². The molecule has 2 aromatic rings. The Balaban J connectivity index is 2.44. The monoisotopic (exact) mass is 214 g/mol. The Kier molecular flexibility index (Phi) is 2.18. The molecule has 3 nitrogen and oxygen atoms in total. The molecule has 0 unspecified atom stereocenters. The van der Waals surface area contributed by atoms with E-state index in [-0.39, 0.29) is 11.5 Å². The zero-order valence-electron chi connectivity index (χ0n) is 7.32. The molecule has 2 aromatic heterocycles. The van der Waals surface area contributed by atoms with Gasteiger partial charge in [-0.25, -0.2) is 9.97 Å². The summed E-state index contributed by atoms with van der Waals surface area (Å²) < 4.78 is 41.8. The zero-order chi connectivity index (χ0) is 10.9. The van der Waals surface area contributed by atoms with Crippen LogP contribution in [0.4, 0.5) is 13.2 Å². The number of hydrogen-bond acceptors (Lipinski definition) is 3. The summed E-state index contributed by atoms with van der Waals surface area (Å²) in [6.07, 6.45) is -2.24. The topological polar surface area (TPSA) is 38.9 Å². The Morgan fingerprint density at radius 3 is 2.60 bits per heavy atom. The van der Waals surface area contributed by atoms with Crippen LogP contribution in [-0.2, 0) is 6.18 Å². The molecule has 78 valence electrons. The van der Waals surface area contributed by atoms with Crippen LogP contribution in [0.1, 0.15) is 5.69 Å². The van der Waals surface area contributed by atoms with E-state index in [1.165, 1.54) is 12.3 Å². The average Bonchev–Trinajstić information content (AvgIpc) is 2.69. The molecule has 2 heterocycles. The normalized spacial score (nSPS) is 11.7. The van der Waals surface area contributed by atoms with Crippen molar-refractivity contribution in [2.24, 2.45) is 0 Å². The number of furan rings is 1. The van der Waals surface area contributed by atoms with E-state index in [1.54, 1.807) is 6.07 Å². The summed E-state index contributed by atoms with van der Waals surface area (Å²) in [5.74, 6) is 0.280. The predicted octanol–water partition coefficient (Wildman–Crippen LogP) is 2.76. The second kappa shape index (κ2) is 3.38. The number of hydrogen-bond donors (Lipinski definition) is 0. The molecule has 0 amide bonds. The first-order valence-corrected chi connectivity index (χ1v) is 4.00. The van der Waals surface area contributed by atoms with Gasteiger partial charge in [0, 0.05) is 0 Å². The Morgan fingerprint density at radius 1 is 1.20 bits per heavy atom. The molecular formula is C9H5F3N2O. The molecule has 6 heteroatoms. The van der Waals surface area contributed by atoms with Crippen molar-refractivity contribution in [1.29, 1.82) is 0 Å². The van der Waals surface area contributed by atoms with Gasteiger partial charge in [-0.3, -0.25) is 0 Å². The molecule has 15 heavy (non-hydrogen) atoms. The van der Waals surface area contributed by atoms with Gasteiger partial charge in [0.05, 0.1) is 6.26 Å². The van der Waals surface area contributed by atoms with E-state index in [4.69, 9.17) is 4.42 Å². The molecule has 0 radical (unpaired) electrons. The Labute approximate surface area is 82.6 Å². The fraction of sp³-hybridized carbons (Fsp3) is 0.111. The third kappa shape index (κ3) is 1.98. The highest BCUT2D eigenvalue weighted by Gasteiger charge is 2.33. The minimum Gasteiger partial charge on any atom is -0.463 e. The van der Waals surface area contributed by atoms with Crippen molar-refractivity contribution >= 4 is 0 Å². The largest absolute Gasteiger partial charge is 0.463 e. The Morgan fingerprint density at radius 2 is 2.00 bits per heavy atom. The maximum Gasteiger partial charge on any atom is 0.433 e. The van der Waals surface area contributed by atoms with Crippen molar-refractivity contribution in [3.63, 3.8) is 0 Å². The van der Waals surface area contributed by atoms with Gasteiger partial charge in [-0.05, 0) is 18.2 Å². The number of nitrogens with zero attached hydrogens (tertiary/aromatic N) is 2. The van der Waals surface area contributed by atoms with E-state index in [0.29, 0.717) is 0 Å². The van der Waals surface area contributed by atoms with Crippen molar-refractivity contribution in [2.45, 2.75) is 6.18 Å². The van der Waals surface area contributed by atoms with Crippen LogP contribution in [0.3, 0.4) is 0 Å². The third-order valence-electron chi connectivity index (χ3n) is 1.73. The lowest BCUT2D eigenvalue weighted by atomic mass is 10.2. The number of alkyl halides is 3. The molecule has 0 N–H and O–H groups in total. The fourth-order valence-electron chi connectivity index (χ4n) is 1.07. The molecule has 0 aromatic carbocycles. The number of halogens is 3. The Bertz CT molecular complexity index is 451. The summed E-state index contributed by atoms with van der Waals surface area (Å²) in [5, 5.41) is 0. The quantitative estimate of drug-likeness (QED) is 0.732. The average molecular weight is 214 g/mol. The minimum atomic E-state index is -4.47. The highest BCUT2D eigenvalue weighted by Crippen LogP contribution is 2.29. The van der Waals surface area contributed by atoms with Gasteiger partial charge in [0.2, 0.25) is 0 Å². The van der Waals surface area contributed by atoms with E-state index in [0.717, 1.165) is 12.4 Å². The van der Waals surface area contributed by atoms with Crippen molar-refractivity contribution in [3.05, 3.63) is 36.5 Å². The lowest BCUT2D eigenvalue weighted by molar-refractivity contribution is -0.141. The van der Waals surface area contributed by atoms with Crippen LogP contribution in [0.5, 0.6) is 0 Å². The SMILES string of the molecule is FC(F)(F)c1cc(-c2ccco2)ncn1. The van der Waals surface area contributed by atoms with Gasteiger partial charge in [-0.15, -0.1) is 0 Å². The van der Waals surface area contributed by atoms with E-state index in [2.05, 4.69) is 9.97 Å². The van der Waals surface area contributed by atoms with Crippen LogP contribution < -0.4 is 0 Å². The summed E-state index contributed by atoms with van der Waals surface area (Å²) >= 11 is 0. The highest BCUT2D eigenvalue weighted by molar-refractivity contribution is 5.51. The summed E-state index contributed by atoms with van der Waals surface area (Å²) in [5.41, 5.74) is -0.869. The molecular weight excluding hydrogens is 209 g/mol. The summed E-state index contributed by atoms with van der Waals surface area (Å²) in [7, 11) is 0. The maximum absolute atomic E-state index is 12.3. The molecule has 0 aliphatic heterocycles. The second-order valence-electron chi connectivity index (χ2n) is 2.76. The number of rotatable bonds is 1. The van der Waals surface area contributed by atoms with Crippen molar-refractivity contribution in [1.82, 2.24) is 9.97 Å². The smallest absolute Gasteiger partial charge is 0.433 e. The number of aromatic nitrogens is 2. The van der Waals surface area contributed by atoms with Gasteiger partial charge in [0.1, 0.15) is 17.7 Å². The van der Waals surface area contributed by atoms with Crippen LogP contribution >= 0.6 is 0 Å². The van der Waals surface area contributed by atoms with Crippen LogP contribution in [-0.4, -0.2) is 9.97 Å². The van der Waals surface area contributed by atoms with Gasteiger partial charge < -0.3 is 4.42 Å². The van der Waals surface area contributed by atoms with Gasteiger partial charge in [0.25, 0.3) is 0 Å². The molecule has 0 aliphatic carbocycles. The Hall–Kier alpha value is -1.85. The minimum absolute atomic E-state index is 0.113. The van der Waals surface area contributed by atoms with Crippen molar-refractivity contribution < 1.29 is 17.6 Å². The van der Waals surface area contributed by atoms with Crippen molar-refractivity contribution in [3.8, 4) is 11.5 Å². The van der Waals surface area contributed by atoms with Crippen molar-refractivity contribution in [2.75, 3.05) is 0 Å². The van der Waals surface area contributed by atoms with E-state index < -0.39 is 11.9 Å². The highest BCUT2D eigenvalue weighted by atomic mass is 19.4. The van der Waals surface area contributed by atoms with E-state index >= 15 is 0 Å². The van der Waals surface area contributed by atoms with Gasteiger partial charge in [0.15, 0.2) is 5.76 Å².